The fourth-order valence-corrected chi connectivity index (χ4v) is 6.97. The molecule has 4 amide bonds. The molecule has 19 nitrogen and oxygen atoms in total. The molecule has 0 saturated carbocycles. The van der Waals surface area contributed by atoms with E-state index < -0.39 is 78.9 Å². The van der Waals surface area contributed by atoms with E-state index in [9.17, 15) is 48.6 Å². The van der Waals surface area contributed by atoms with Crippen LogP contribution in [0.25, 0.3) is 17.1 Å². The van der Waals surface area contributed by atoms with E-state index in [1.807, 2.05) is 84.9 Å². The third kappa shape index (κ3) is 14.9. The highest BCUT2D eigenvalue weighted by Gasteiger charge is 2.32. The molecule has 8 N–H and O–H groups in total. The number of amides is 4. The van der Waals surface area contributed by atoms with Gasteiger partial charge in [-0.25, -0.2) is 4.98 Å². The maximum Gasteiger partial charge on any atom is 0.305 e. The summed E-state index contributed by atoms with van der Waals surface area (Å²) >= 11 is 0. The van der Waals surface area contributed by atoms with E-state index in [-0.39, 0.29) is 12.1 Å². The van der Waals surface area contributed by atoms with E-state index in [1.54, 1.807) is 10.8 Å². The zero-order valence-electron chi connectivity index (χ0n) is 35.6. The minimum absolute atomic E-state index is 0.126. The van der Waals surface area contributed by atoms with Gasteiger partial charge in [0, 0.05) is 32.5 Å². The lowest BCUT2D eigenvalue weighted by Gasteiger charge is -2.23. The number of nitrogens with zero attached hydrogens (tertiary/aromatic N) is 2. The fraction of sp³-hybridized carbons (Fsp3) is 0.326. The zero-order chi connectivity index (χ0) is 46.9. The van der Waals surface area contributed by atoms with Crippen LogP contribution in [0.2, 0.25) is 0 Å². The van der Waals surface area contributed by atoms with Gasteiger partial charge in [-0.05, 0) is 41.7 Å². The normalized spacial score (nSPS) is 12.3. The van der Waals surface area contributed by atoms with Gasteiger partial charge in [-0.1, -0.05) is 85.6 Å². The van der Waals surface area contributed by atoms with Crippen molar-refractivity contribution in [3.63, 3.8) is 0 Å². The van der Waals surface area contributed by atoms with Crippen molar-refractivity contribution in [3.05, 3.63) is 124 Å². The molecule has 0 saturated heterocycles. The summed E-state index contributed by atoms with van der Waals surface area (Å²) in [5.41, 5.74) is 4.67. The number of hydrogen-bond acceptors (Lipinski definition) is 10. The summed E-state index contributed by atoms with van der Waals surface area (Å²) in [5.74, 6) is -7.27. The molecule has 3 aromatic rings. The van der Waals surface area contributed by atoms with Gasteiger partial charge in [0.1, 0.15) is 29.6 Å². The van der Waals surface area contributed by atoms with E-state index >= 15 is 0 Å². The highest BCUT2D eigenvalue weighted by atomic mass is 16.5. The van der Waals surface area contributed by atoms with Crippen molar-refractivity contribution in [1.29, 1.82) is 0 Å². The Morgan fingerprint density at radius 2 is 1.25 bits per heavy atom. The SMILES string of the molecule is CC(=O)NC(CC(=O)O)C(=O)NC(CC(=O)O)C(=O)NC(CC(=O)O)C(=O)NCCCCCCOc1cccc(Cc2nc3c(Cc4ccccc4)[nH]c(-c4ccccc4)cn-3c2=O)c1. The Morgan fingerprint density at radius 1 is 0.677 bits per heavy atom. The van der Waals surface area contributed by atoms with E-state index in [4.69, 9.17) is 14.8 Å². The van der Waals surface area contributed by atoms with Crippen LogP contribution in [0.15, 0.2) is 95.9 Å². The van der Waals surface area contributed by atoms with Crippen molar-refractivity contribution in [1.82, 2.24) is 35.8 Å². The second kappa shape index (κ2) is 23.6. The number of carbonyl (C=O) groups is 7. The molecule has 0 aromatic heterocycles. The van der Waals surface area contributed by atoms with E-state index in [0.29, 0.717) is 56.0 Å². The number of unbranched alkanes of at least 4 members (excludes halogenated alkanes) is 3. The van der Waals surface area contributed by atoms with Crippen molar-refractivity contribution in [3.8, 4) is 22.8 Å². The minimum atomic E-state index is -1.84. The number of aliphatic carboxylic acids is 3. The monoisotopic (exact) mass is 893 g/mol. The van der Waals surface area contributed by atoms with Crippen LogP contribution in [0.4, 0.5) is 0 Å². The predicted octanol–water partition coefficient (Wildman–Crippen LogP) is 2.80. The number of H-pyrrole nitrogens is 1. The Balaban J connectivity index is 1.10. The standard InChI is InChI=1S/C46H51N7O12/c1-28(54)48-35(25-40(57)58)44(62)52-36(26-41(59)60)45(63)51-34(24-39(55)56)43(61)47-19-10-2-3-11-20-65-32-18-12-15-30(21-32)23-37-46(64)53-27-38(31-16-8-5-9-17-31)49-33(42(53)50-37)22-29-13-6-4-7-14-29/h4-9,12-18,21,27,34-36,49H,2-3,10-11,19-20,22-26H2,1H3,(H,47,61)(H,48,54)(H,51,63)(H,52,62)(H,55,56)(H,57,58)(H,59,60). The molecular weight excluding hydrogens is 843 g/mol. The number of rotatable bonds is 25. The number of carbonyl (C=O) groups excluding carboxylic acids is 4. The molecule has 342 valence electrons. The van der Waals surface area contributed by atoms with E-state index in [1.165, 1.54) is 0 Å². The average Bonchev–Trinajstić information content (AvgIpc) is 3.58. The zero-order valence-corrected chi connectivity index (χ0v) is 35.6. The lowest BCUT2D eigenvalue weighted by molar-refractivity contribution is -0.144. The molecule has 0 bridgehead atoms. The first-order valence-electron chi connectivity index (χ1n) is 20.9. The minimum Gasteiger partial charge on any atom is -0.494 e. The molecule has 3 atom stereocenters. The van der Waals surface area contributed by atoms with Gasteiger partial charge in [0.15, 0.2) is 5.82 Å². The van der Waals surface area contributed by atoms with Gasteiger partial charge in [0.05, 0.1) is 37.3 Å². The van der Waals surface area contributed by atoms with Crippen LogP contribution in [0.1, 0.15) is 74.4 Å². The Hall–Kier alpha value is -7.83. The smallest absolute Gasteiger partial charge is 0.305 e. The molecule has 0 fully saturated rings. The first kappa shape index (κ1) is 48.2. The number of carboxylic acids is 3. The number of fused-ring (bicyclic) bond motifs is 1. The topological polar surface area (TPSA) is 288 Å². The Kier molecular flexibility index (Phi) is 17.5. The summed E-state index contributed by atoms with van der Waals surface area (Å²) in [6, 6.07) is 22.1. The highest BCUT2D eigenvalue weighted by molar-refractivity contribution is 5.97. The summed E-state index contributed by atoms with van der Waals surface area (Å²) in [6.45, 7) is 1.54. The van der Waals surface area contributed by atoms with Gasteiger partial charge >= 0.3 is 17.9 Å². The third-order valence-corrected chi connectivity index (χ3v) is 10.1. The number of carboxylic acid groups (broad SMARTS) is 3. The maximum atomic E-state index is 13.8. The molecule has 5 rings (SSSR count). The van der Waals surface area contributed by atoms with E-state index in [0.717, 1.165) is 41.4 Å². The Bertz CT molecular complexity index is 2470. The maximum absolute atomic E-state index is 13.8. The summed E-state index contributed by atoms with van der Waals surface area (Å²) in [4.78, 5) is 106. The number of nitrogens with one attached hydrogen (secondary N) is 5. The van der Waals surface area contributed by atoms with Crippen LogP contribution < -0.4 is 31.6 Å². The first-order chi connectivity index (χ1) is 31.2. The second-order valence-corrected chi connectivity index (χ2v) is 15.3. The summed E-state index contributed by atoms with van der Waals surface area (Å²) in [7, 11) is 0. The van der Waals surface area contributed by atoms with Crippen LogP contribution in [0.5, 0.6) is 5.75 Å². The largest absolute Gasteiger partial charge is 0.494 e. The van der Waals surface area contributed by atoms with Gasteiger partial charge in [0.25, 0.3) is 5.56 Å². The molecule has 0 spiro atoms. The number of aromatic amines is 1. The lowest BCUT2D eigenvalue weighted by Crippen LogP contribution is -2.57. The van der Waals surface area contributed by atoms with Crippen LogP contribution in [0, 0.1) is 0 Å². The second-order valence-electron chi connectivity index (χ2n) is 15.3. The summed E-state index contributed by atoms with van der Waals surface area (Å²) in [6.07, 6.45) is 2.45. The van der Waals surface area contributed by atoms with Gasteiger partial charge in [0.2, 0.25) is 23.6 Å². The van der Waals surface area contributed by atoms with Crippen molar-refractivity contribution < 1.29 is 53.6 Å². The fourth-order valence-electron chi connectivity index (χ4n) is 6.97. The Morgan fingerprint density at radius 3 is 1.86 bits per heavy atom. The molecule has 3 unspecified atom stereocenters. The van der Waals surface area contributed by atoms with Gasteiger partial charge < -0.3 is 46.3 Å². The molecule has 65 heavy (non-hydrogen) atoms. The number of hydrogen-bond donors (Lipinski definition) is 8. The third-order valence-electron chi connectivity index (χ3n) is 10.1. The molecular formula is C46H51N7O12. The molecule has 0 aliphatic carbocycles. The van der Waals surface area contributed by atoms with Gasteiger partial charge in [-0.15, -0.1) is 0 Å². The van der Waals surface area contributed by atoms with Crippen molar-refractivity contribution in [2.75, 3.05) is 13.2 Å². The molecule has 19 heteroatoms. The molecule has 2 heterocycles. The van der Waals surface area contributed by atoms with Crippen molar-refractivity contribution in [2.24, 2.45) is 0 Å². The number of benzene rings is 3. The molecule has 0 radical (unpaired) electrons. The van der Waals surface area contributed by atoms with Gasteiger partial charge in [-0.2, -0.15) is 0 Å². The summed E-state index contributed by atoms with van der Waals surface area (Å²) < 4.78 is 7.61. The quantitative estimate of drug-likeness (QED) is 0.0392. The summed E-state index contributed by atoms with van der Waals surface area (Å²) in [5, 5.41) is 36.7. The van der Waals surface area contributed by atoms with Crippen molar-refractivity contribution in [2.45, 2.75) is 82.8 Å². The predicted molar refractivity (Wildman–Crippen MR) is 234 cm³/mol. The van der Waals surface area contributed by atoms with Crippen LogP contribution in [-0.2, 0) is 46.4 Å². The Labute approximate surface area is 373 Å². The van der Waals surface area contributed by atoms with Crippen molar-refractivity contribution >= 4 is 41.5 Å². The molecule has 2 aliphatic heterocycles. The highest BCUT2D eigenvalue weighted by Crippen LogP contribution is 2.24. The van der Waals surface area contributed by atoms with E-state index in [2.05, 4.69) is 26.3 Å². The molecule has 3 aromatic carbocycles. The number of aromatic nitrogens is 3. The van der Waals surface area contributed by atoms with Crippen LogP contribution in [-0.4, -0.2) is 103 Å². The first-order valence-corrected chi connectivity index (χ1v) is 20.9. The number of ether oxygens (including phenoxy) is 1. The average molecular weight is 894 g/mol. The number of imidazole rings is 1. The van der Waals surface area contributed by atoms with Gasteiger partial charge in [-0.3, -0.25) is 42.9 Å². The lowest BCUT2D eigenvalue weighted by atomic mass is 10.1. The van der Waals surface area contributed by atoms with Crippen LogP contribution in [0.3, 0.4) is 0 Å². The molecule has 2 aliphatic rings. The van der Waals surface area contributed by atoms with Crippen LogP contribution >= 0.6 is 0 Å².